The van der Waals surface area contributed by atoms with E-state index in [1.165, 1.54) is 43.6 Å². The molecular formula is C15H22N2O. The summed E-state index contributed by atoms with van der Waals surface area (Å²) in [5, 5.41) is 0. The van der Waals surface area contributed by atoms with E-state index in [9.17, 15) is 0 Å². The van der Waals surface area contributed by atoms with E-state index in [0.717, 1.165) is 19.8 Å². The number of ether oxygens (including phenoxy) is 1. The molecule has 2 fully saturated rings. The molecule has 1 aromatic rings. The van der Waals surface area contributed by atoms with Crippen LogP contribution in [0.5, 0.6) is 0 Å². The van der Waals surface area contributed by atoms with Gasteiger partial charge in [0.05, 0.1) is 12.3 Å². The first kappa shape index (κ1) is 12.1. The summed E-state index contributed by atoms with van der Waals surface area (Å²) in [5.74, 6) is 0. The average molecular weight is 246 g/mol. The van der Waals surface area contributed by atoms with Crippen LogP contribution >= 0.6 is 0 Å². The van der Waals surface area contributed by atoms with Gasteiger partial charge in [0.15, 0.2) is 0 Å². The van der Waals surface area contributed by atoms with Crippen LogP contribution in [-0.4, -0.2) is 36.2 Å². The highest BCUT2D eigenvalue weighted by atomic mass is 16.5. The molecule has 1 atom stereocenters. The zero-order valence-electron chi connectivity index (χ0n) is 11.2. The van der Waals surface area contributed by atoms with Crippen LogP contribution in [0, 0.1) is 12.3 Å². The monoisotopic (exact) mass is 246 g/mol. The van der Waals surface area contributed by atoms with Crippen LogP contribution in [-0.2, 0) is 11.3 Å². The van der Waals surface area contributed by atoms with Gasteiger partial charge in [0.25, 0.3) is 0 Å². The lowest BCUT2D eigenvalue weighted by atomic mass is 9.79. The molecule has 3 rings (SSSR count). The van der Waals surface area contributed by atoms with Gasteiger partial charge in [-0.05, 0) is 50.4 Å². The predicted molar refractivity (Wildman–Crippen MR) is 71.4 cm³/mol. The van der Waals surface area contributed by atoms with Crippen LogP contribution in [0.1, 0.15) is 30.5 Å². The molecule has 2 aliphatic heterocycles. The lowest BCUT2D eigenvalue weighted by molar-refractivity contribution is 0.0638. The highest BCUT2D eigenvalue weighted by molar-refractivity contribution is 5.14. The van der Waals surface area contributed by atoms with Crippen molar-refractivity contribution in [1.82, 2.24) is 9.88 Å². The topological polar surface area (TPSA) is 25.4 Å². The average Bonchev–Trinajstić information content (AvgIpc) is 2.77. The zero-order chi connectivity index (χ0) is 12.4. The van der Waals surface area contributed by atoms with Crippen molar-refractivity contribution in [2.45, 2.75) is 32.7 Å². The van der Waals surface area contributed by atoms with Gasteiger partial charge in [-0.1, -0.05) is 0 Å². The van der Waals surface area contributed by atoms with Crippen molar-refractivity contribution in [2.24, 2.45) is 5.41 Å². The van der Waals surface area contributed by atoms with Crippen molar-refractivity contribution >= 4 is 0 Å². The summed E-state index contributed by atoms with van der Waals surface area (Å²) >= 11 is 0. The lowest BCUT2D eigenvalue weighted by Gasteiger charge is -2.39. The summed E-state index contributed by atoms with van der Waals surface area (Å²) in [4.78, 5) is 7.03. The smallest absolute Gasteiger partial charge is 0.0546 e. The second kappa shape index (κ2) is 4.98. The Morgan fingerprint density at radius 1 is 1.44 bits per heavy atom. The Labute approximate surface area is 109 Å². The van der Waals surface area contributed by atoms with Crippen molar-refractivity contribution in [3.8, 4) is 0 Å². The summed E-state index contributed by atoms with van der Waals surface area (Å²) in [6.07, 6.45) is 5.80. The molecule has 0 aliphatic carbocycles. The Kier molecular flexibility index (Phi) is 3.35. The molecule has 0 bridgehead atoms. The first-order chi connectivity index (χ1) is 8.76. The first-order valence-electron chi connectivity index (χ1n) is 6.97. The molecule has 1 aromatic heterocycles. The van der Waals surface area contributed by atoms with Crippen molar-refractivity contribution < 1.29 is 4.74 Å². The SMILES string of the molecule is Cc1ccnc(CN2CCCC3(CCOC3)C2)c1. The molecule has 3 nitrogen and oxygen atoms in total. The number of rotatable bonds is 2. The fourth-order valence-corrected chi connectivity index (χ4v) is 3.33. The highest BCUT2D eigenvalue weighted by Gasteiger charge is 2.38. The number of hydrogen-bond acceptors (Lipinski definition) is 3. The van der Waals surface area contributed by atoms with E-state index in [-0.39, 0.29) is 0 Å². The van der Waals surface area contributed by atoms with Crippen LogP contribution in [0.25, 0.3) is 0 Å². The molecule has 2 aliphatic rings. The number of likely N-dealkylation sites (tertiary alicyclic amines) is 1. The van der Waals surface area contributed by atoms with Gasteiger partial charge in [0.2, 0.25) is 0 Å². The van der Waals surface area contributed by atoms with E-state index in [2.05, 4.69) is 28.9 Å². The molecule has 3 heteroatoms. The highest BCUT2D eigenvalue weighted by Crippen LogP contribution is 2.37. The standard InChI is InChI=1S/C15H22N2O/c1-13-3-6-16-14(9-13)10-17-7-2-4-15(11-17)5-8-18-12-15/h3,6,9H,2,4-5,7-8,10-12H2,1H3. The Bertz CT molecular complexity index is 413. The molecule has 3 heterocycles. The second-order valence-corrected chi connectivity index (χ2v) is 5.94. The number of nitrogens with zero attached hydrogens (tertiary/aromatic N) is 2. The van der Waals surface area contributed by atoms with Gasteiger partial charge in [0, 0.05) is 31.3 Å². The second-order valence-electron chi connectivity index (χ2n) is 5.94. The Hall–Kier alpha value is -0.930. The van der Waals surface area contributed by atoms with Crippen LogP contribution < -0.4 is 0 Å². The molecule has 0 saturated carbocycles. The molecule has 2 saturated heterocycles. The number of aromatic nitrogens is 1. The van der Waals surface area contributed by atoms with Crippen molar-refractivity contribution in [3.05, 3.63) is 29.6 Å². The van der Waals surface area contributed by atoms with Gasteiger partial charge >= 0.3 is 0 Å². The van der Waals surface area contributed by atoms with E-state index in [1.807, 2.05) is 6.20 Å². The Morgan fingerprint density at radius 3 is 3.17 bits per heavy atom. The van der Waals surface area contributed by atoms with Gasteiger partial charge in [0.1, 0.15) is 0 Å². The van der Waals surface area contributed by atoms with E-state index >= 15 is 0 Å². The summed E-state index contributed by atoms with van der Waals surface area (Å²) in [6, 6.07) is 4.26. The number of aryl methyl sites for hydroxylation is 1. The quantitative estimate of drug-likeness (QED) is 0.801. The Balaban J connectivity index is 1.66. The lowest BCUT2D eigenvalue weighted by Crippen LogP contribution is -2.43. The summed E-state index contributed by atoms with van der Waals surface area (Å²) in [5.41, 5.74) is 2.95. The Morgan fingerprint density at radius 2 is 2.39 bits per heavy atom. The van der Waals surface area contributed by atoms with Crippen molar-refractivity contribution in [2.75, 3.05) is 26.3 Å². The van der Waals surface area contributed by atoms with Crippen molar-refractivity contribution in [1.29, 1.82) is 0 Å². The van der Waals surface area contributed by atoms with E-state index in [1.54, 1.807) is 0 Å². The molecule has 0 N–H and O–H groups in total. The third kappa shape index (κ3) is 2.57. The molecule has 18 heavy (non-hydrogen) atoms. The van der Waals surface area contributed by atoms with Crippen LogP contribution in [0.15, 0.2) is 18.3 Å². The number of hydrogen-bond donors (Lipinski definition) is 0. The number of pyridine rings is 1. The van der Waals surface area contributed by atoms with Crippen LogP contribution in [0.4, 0.5) is 0 Å². The fourth-order valence-electron chi connectivity index (χ4n) is 3.33. The van der Waals surface area contributed by atoms with Crippen LogP contribution in [0.2, 0.25) is 0 Å². The molecular weight excluding hydrogens is 224 g/mol. The molecule has 0 amide bonds. The van der Waals surface area contributed by atoms with Gasteiger partial charge in [-0.3, -0.25) is 9.88 Å². The van der Waals surface area contributed by atoms with Gasteiger partial charge in [-0.2, -0.15) is 0 Å². The predicted octanol–water partition coefficient (Wildman–Crippen LogP) is 2.39. The third-order valence-corrected chi connectivity index (χ3v) is 4.28. The molecule has 1 unspecified atom stereocenters. The van der Waals surface area contributed by atoms with E-state index in [4.69, 9.17) is 4.74 Å². The third-order valence-electron chi connectivity index (χ3n) is 4.28. The van der Waals surface area contributed by atoms with Gasteiger partial charge in [-0.25, -0.2) is 0 Å². The maximum absolute atomic E-state index is 5.61. The maximum atomic E-state index is 5.61. The van der Waals surface area contributed by atoms with Crippen LogP contribution in [0.3, 0.4) is 0 Å². The van der Waals surface area contributed by atoms with E-state index < -0.39 is 0 Å². The molecule has 0 radical (unpaired) electrons. The summed E-state index contributed by atoms with van der Waals surface area (Å²) in [6.45, 7) is 7.43. The fraction of sp³-hybridized carbons (Fsp3) is 0.667. The number of piperidine rings is 1. The minimum Gasteiger partial charge on any atom is -0.381 e. The summed E-state index contributed by atoms with van der Waals surface area (Å²) < 4.78 is 5.61. The first-order valence-corrected chi connectivity index (χ1v) is 6.97. The largest absolute Gasteiger partial charge is 0.381 e. The van der Waals surface area contributed by atoms with Gasteiger partial charge in [-0.15, -0.1) is 0 Å². The molecule has 0 aromatic carbocycles. The van der Waals surface area contributed by atoms with E-state index in [0.29, 0.717) is 5.41 Å². The normalized spacial score (nSPS) is 28.9. The summed E-state index contributed by atoms with van der Waals surface area (Å²) in [7, 11) is 0. The molecule has 98 valence electrons. The molecule has 1 spiro atoms. The minimum atomic E-state index is 0.447. The minimum absolute atomic E-state index is 0.447. The maximum Gasteiger partial charge on any atom is 0.0546 e. The van der Waals surface area contributed by atoms with Crippen molar-refractivity contribution in [3.63, 3.8) is 0 Å². The van der Waals surface area contributed by atoms with Gasteiger partial charge < -0.3 is 4.74 Å². The zero-order valence-corrected chi connectivity index (χ0v) is 11.2.